The van der Waals surface area contributed by atoms with E-state index in [4.69, 9.17) is 23.2 Å². The second-order valence-corrected chi connectivity index (χ2v) is 42.9. The second kappa shape index (κ2) is 24.5. The molecule has 2 aliphatic heterocycles. The molecule has 0 amide bonds. The second-order valence-electron chi connectivity index (χ2n) is 42.0. The summed E-state index contributed by atoms with van der Waals surface area (Å²) in [6, 6.07) is 68.1. The first-order chi connectivity index (χ1) is 51.7. The summed E-state index contributed by atoms with van der Waals surface area (Å²) in [6.45, 7) is 61.7. The molecule has 0 saturated carbocycles. The maximum Gasteiger partial charge on any atom is 0.252 e. The van der Waals surface area contributed by atoms with E-state index in [1.165, 1.54) is 186 Å². The van der Waals surface area contributed by atoms with E-state index in [2.05, 4.69) is 375 Å². The number of hydrogen-bond donors (Lipinski definition) is 0. The SMILES string of the molecule is Cc1cc2c(cc1N(c1cc(Cl)cc(-n3c4c(c5cc(C(C)(C)C)ccc53)C(C)(C)c3ccccc3-4)c1)c1cccc(C(C)(C)C)c1)C(C)(C)CCC2(C)C.Cc1cc2c(cc1N1c3cc(C(C)(C)C)ccc3B3c4c1cc(Cl)cc4-n1c4c(c5cc(C(C)(C)C)cc3c51)C(C)(C)c1ccccc1-4)C(C)(C)CCC2(C)C. The highest BCUT2D eigenvalue weighted by atomic mass is 35.5. The molecule has 0 unspecified atom stereocenters. The third-order valence-corrected chi connectivity index (χ3v) is 28.0. The number of aromatic nitrogens is 2. The number of benzene rings is 10. The Bertz CT molecular complexity index is 5960. The number of aryl methyl sites for hydroxylation is 2. The van der Waals surface area contributed by atoms with E-state index in [0.717, 1.165) is 28.5 Å². The van der Waals surface area contributed by atoms with Crippen LogP contribution in [0.1, 0.15) is 270 Å². The van der Waals surface area contributed by atoms with Gasteiger partial charge in [-0.1, -0.05) is 286 Å². The van der Waals surface area contributed by atoms with Crippen molar-refractivity contribution in [3.8, 4) is 33.9 Å². The van der Waals surface area contributed by atoms with Crippen LogP contribution in [-0.4, -0.2) is 15.8 Å². The summed E-state index contributed by atoms with van der Waals surface area (Å²) in [5.41, 5.74) is 40.8. The molecule has 0 radical (unpaired) electrons. The molecule has 0 bridgehead atoms. The molecule has 4 aliphatic carbocycles. The van der Waals surface area contributed by atoms with Gasteiger partial charge in [0.25, 0.3) is 6.71 Å². The van der Waals surface area contributed by atoms with Crippen molar-refractivity contribution < 1.29 is 0 Å². The standard InChI is InChI=1S/C52H56BClN2.C52H59ClN2/c1-29-22-36-37(51(10,11)21-20-50(36,8)9)28-40(29)55-41-25-30(48(2,3)4)18-19-38(41)53-39-24-31(49(5,6)7)23-34-44-47(33-16-14-15-17-35(33)52(44,12)13)56(46(34)39)43-27-32(54)26-42(55)45(43)53;1-32-25-42-43(51(10,11)24-23-50(42,8)9)31-45(32)54(36-18-16-17-33(26-36)48(2,3)4)37-28-35(53)29-38(30-37)55-44-22-21-34(49(5,6)7)27-40(44)46-47(55)39-19-14-15-20-41(39)52(46,12)13/h14-19,22-28H,20-21H2,1-13H3;14-22,25-31H,23-24H2,1-13H3. The first kappa shape index (κ1) is 75.2. The molecule has 12 aromatic rings. The molecule has 18 rings (SSSR count). The Hall–Kier alpha value is -8.48. The zero-order valence-corrected chi connectivity index (χ0v) is 72.7. The average Bonchev–Trinajstić information content (AvgIpc) is 1.54. The zero-order valence-electron chi connectivity index (χ0n) is 71.2. The topological polar surface area (TPSA) is 16.3 Å². The maximum absolute atomic E-state index is 7.44. The van der Waals surface area contributed by atoms with E-state index in [-0.39, 0.29) is 60.9 Å². The Labute approximate surface area is 674 Å². The van der Waals surface area contributed by atoms with Crippen LogP contribution in [0.15, 0.2) is 176 Å². The van der Waals surface area contributed by atoms with Crippen LogP contribution in [0.5, 0.6) is 0 Å². The zero-order chi connectivity index (χ0) is 79.4. The summed E-state index contributed by atoms with van der Waals surface area (Å²) < 4.78 is 5.12. The van der Waals surface area contributed by atoms with Crippen molar-refractivity contribution >= 4 is 102 Å². The molecule has 568 valence electrons. The molecule has 6 aliphatic rings. The number of halogens is 2. The Balaban J connectivity index is 0.000000161. The smallest absolute Gasteiger partial charge is 0.252 e. The highest BCUT2D eigenvalue weighted by Crippen LogP contribution is 2.59. The van der Waals surface area contributed by atoms with Crippen molar-refractivity contribution in [3.63, 3.8) is 0 Å². The Morgan fingerprint density at radius 2 is 0.856 bits per heavy atom. The molecule has 0 spiro atoms. The minimum Gasteiger partial charge on any atom is -0.311 e. The molecule has 4 heterocycles. The van der Waals surface area contributed by atoms with Crippen molar-refractivity contribution in [2.45, 2.75) is 260 Å². The Kier molecular flexibility index (Phi) is 16.6. The molecule has 0 fully saturated rings. The average molecular weight is 1500 g/mol. The molecule has 0 saturated heterocycles. The molecule has 10 aromatic carbocycles. The number of fused-ring (bicyclic) bond motifs is 16. The first-order valence-electron chi connectivity index (χ1n) is 41.1. The summed E-state index contributed by atoms with van der Waals surface area (Å²) >= 11 is 14.8. The predicted molar refractivity (Wildman–Crippen MR) is 481 cm³/mol. The van der Waals surface area contributed by atoms with E-state index in [1.54, 1.807) is 0 Å². The van der Waals surface area contributed by atoms with Gasteiger partial charge in [-0.15, -0.1) is 0 Å². The van der Waals surface area contributed by atoms with Crippen LogP contribution < -0.4 is 26.2 Å². The van der Waals surface area contributed by atoms with E-state index in [0.29, 0.717) is 5.02 Å². The van der Waals surface area contributed by atoms with Crippen molar-refractivity contribution in [2.75, 3.05) is 9.80 Å². The van der Waals surface area contributed by atoms with E-state index in [1.807, 2.05) is 0 Å². The van der Waals surface area contributed by atoms with Gasteiger partial charge < -0.3 is 18.9 Å². The molecule has 111 heavy (non-hydrogen) atoms. The summed E-state index contributed by atoms with van der Waals surface area (Å²) in [7, 11) is 0. The van der Waals surface area contributed by atoms with E-state index in [9.17, 15) is 0 Å². The highest BCUT2D eigenvalue weighted by molar-refractivity contribution is 7.00. The number of hydrogen-bond acceptors (Lipinski definition) is 2. The summed E-state index contributed by atoms with van der Waals surface area (Å²) in [5.74, 6) is 0. The van der Waals surface area contributed by atoms with Gasteiger partial charge in [-0.2, -0.15) is 0 Å². The summed E-state index contributed by atoms with van der Waals surface area (Å²) in [6.07, 6.45) is 4.72. The quantitative estimate of drug-likeness (QED) is 0.160. The van der Waals surface area contributed by atoms with Crippen LogP contribution in [0.2, 0.25) is 10.0 Å². The lowest BCUT2D eigenvalue weighted by atomic mass is 9.33. The molecular weight excluding hydrogens is 1390 g/mol. The minimum atomic E-state index is -0.159. The molecule has 2 aromatic heterocycles. The Morgan fingerprint density at radius 3 is 1.44 bits per heavy atom. The molecular formula is C104H115BCl2N4. The lowest BCUT2D eigenvalue weighted by molar-refractivity contribution is 0.332. The van der Waals surface area contributed by atoms with Crippen LogP contribution in [0.25, 0.3) is 55.7 Å². The van der Waals surface area contributed by atoms with Gasteiger partial charge in [-0.25, -0.2) is 0 Å². The van der Waals surface area contributed by atoms with Crippen LogP contribution in [0.4, 0.5) is 34.1 Å². The van der Waals surface area contributed by atoms with Gasteiger partial charge in [0.2, 0.25) is 0 Å². The van der Waals surface area contributed by atoms with Crippen LogP contribution in [0, 0.1) is 13.8 Å². The lowest BCUT2D eigenvalue weighted by Gasteiger charge is -2.45. The normalized spacial score (nSPS) is 17.4. The summed E-state index contributed by atoms with van der Waals surface area (Å²) in [4.78, 5) is 5.08. The largest absolute Gasteiger partial charge is 0.311 e. The Morgan fingerprint density at radius 1 is 0.369 bits per heavy atom. The molecule has 7 heteroatoms. The number of nitrogens with zero attached hydrogens (tertiary/aromatic N) is 4. The summed E-state index contributed by atoms with van der Waals surface area (Å²) in [5, 5.41) is 4.18. The van der Waals surface area contributed by atoms with E-state index >= 15 is 0 Å². The van der Waals surface area contributed by atoms with Crippen molar-refractivity contribution in [2.24, 2.45) is 0 Å². The lowest BCUT2D eigenvalue weighted by Crippen LogP contribution is -2.60. The van der Waals surface area contributed by atoms with Crippen LogP contribution in [-0.2, 0) is 54.1 Å². The van der Waals surface area contributed by atoms with Crippen LogP contribution >= 0.6 is 23.2 Å². The van der Waals surface area contributed by atoms with E-state index < -0.39 is 0 Å². The first-order valence-corrected chi connectivity index (χ1v) is 41.9. The fourth-order valence-corrected chi connectivity index (χ4v) is 21.1. The van der Waals surface area contributed by atoms with Gasteiger partial charge in [0, 0.05) is 93.8 Å². The van der Waals surface area contributed by atoms with Gasteiger partial charge in [-0.3, -0.25) is 0 Å². The molecule has 4 nitrogen and oxygen atoms in total. The fraction of sp³-hybridized carbons (Fsp3) is 0.385. The molecule has 0 N–H and O–H groups in total. The van der Waals surface area contributed by atoms with Crippen molar-refractivity contribution in [1.29, 1.82) is 0 Å². The number of anilines is 6. The van der Waals surface area contributed by atoms with Gasteiger partial charge in [0.1, 0.15) is 0 Å². The highest BCUT2D eigenvalue weighted by Gasteiger charge is 2.50. The van der Waals surface area contributed by atoms with Crippen molar-refractivity contribution in [1.82, 2.24) is 9.13 Å². The predicted octanol–water partition coefficient (Wildman–Crippen LogP) is 27.8. The third-order valence-electron chi connectivity index (χ3n) is 27.6. The monoisotopic (exact) mass is 1500 g/mol. The molecule has 0 atom stereocenters. The minimum absolute atomic E-state index is 0.00516. The van der Waals surface area contributed by atoms with Gasteiger partial charge >= 0.3 is 0 Å². The van der Waals surface area contributed by atoms with Gasteiger partial charge in [-0.05, 0) is 256 Å². The third kappa shape index (κ3) is 11.5. The maximum atomic E-state index is 7.44. The van der Waals surface area contributed by atoms with Gasteiger partial charge in [0.05, 0.1) is 16.9 Å². The fourth-order valence-electron chi connectivity index (χ4n) is 20.7. The van der Waals surface area contributed by atoms with Gasteiger partial charge in [0.15, 0.2) is 0 Å². The van der Waals surface area contributed by atoms with Crippen LogP contribution in [0.3, 0.4) is 0 Å². The number of rotatable bonds is 5. The van der Waals surface area contributed by atoms with Crippen molar-refractivity contribution in [3.05, 3.63) is 264 Å².